The molecular weight excluding hydrogens is 288 g/mol. The van der Waals surface area contributed by atoms with Gasteiger partial charge in [0.1, 0.15) is 11.3 Å². The lowest BCUT2D eigenvalue weighted by Gasteiger charge is -2.36. The second-order valence-corrected chi connectivity index (χ2v) is 6.77. The Morgan fingerprint density at radius 2 is 2.17 bits per heavy atom. The molecule has 1 atom stereocenters. The molecule has 3 nitrogen and oxygen atoms in total. The minimum absolute atomic E-state index is 0.0410. The maximum Gasteiger partial charge on any atom is 0.342 e. The molecule has 23 heavy (non-hydrogen) atoms. The van der Waals surface area contributed by atoms with E-state index in [0.717, 1.165) is 12.8 Å². The molecule has 1 N–H and O–H groups in total. The third-order valence-electron chi connectivity index (χ3n) is 4.61. The smallest absolute Gasteiger partial charge is 0.342 e. The highest BCUT2D eigenvalue weighted by Crippen LogP contribution is 2.42. The van der Waals surface area contributed by atoms with Gasteiger partial charge in [-0.3, -0.25) is 0 Å². The number of phenolic OH excluding ortho intramolecular Hbond substituents is 1. The Morgan fingerprint density at radius 1 is 1.43 bits per heavy atom. The van der Waals surface area contributed by atoms with Crippen LogP contribution in [0.3, 0.4) is 0 Å². The molecule has 1 aliphatic rings. The maximum absolute atomic E-state index is 12.1. The van der Waals surface area contributed by atoms with E-state index in [1.165, 1.54) is 11.6 Å². The van der Waals surface area contributed by atoms with Crippen LogP contribution in [0, 0.1) is 11.3 Å². The summed E-state index contributed by atoms with van der Waals surface area (Å²) < 4.78 is 5.06. The molecular formula is C20H26O3. The molecule has 124 valence electrons. The van der Waals surface area contributed by atoms with Crippen LogP contribution in [0.4, 0.5) is 0 Å². The van der Waals surface area contributed by atoms with Crippen LogP contribution >= 0.6 is 0 Å². The van der Waals surface area contributed by atoms with E-state index in [9.17, 15) is 9.90 Å². The highest BCUT2D eigenvalue weighted by molar-refractivity contribution is 5.96. The number of esters is 1. The van der Waals surface area contributed by atoms with Gasteiger partial charge in [-0.15, -0.1) is 0 Å². The zero-order chi connectivity index (χ0) is 17.0. The van der Waals surface area contributed by atoms with Crippen LogP contribution in [0.15, 0.2) is 35.9 Å². The van der Waals surface area contributed by atoms with Gasteiger partial charge in [-0.1, -0.05) is 49.8 Å². The van der Waals surface area contributed by atoms with Crippen molar-refractivity contribution in [2.75, 3.05) is 6.61 Å². The summed E-state index contributed by atoms with van der Waals surface area (Å²) in [6.07, 6.45) is 8.62. The van der Waals surface area contributed by atoms with E-state index in [2.05, 4.69) is 32.9 Å². The molecule has 1 aromatic carbocycles. The van der Waals surface area contributed by atoms with Crippen LogP contribution in [0.5, 0.6) is 5.75 Å². The van der Waals surface area contributed by atoms with Crippen molar-refractivity contribution >= 4 is 12.0 Å². The molecule has 0 fully saturated rings. The Labute approximate surface area is 138 Å². The third-order valence-corrected chi connectivity index (χ3v) is 4.61. The molecule has 0 aromatic heterocycles. The summed E-state index contributed by atoms with van der Waals surface area (Å²) in [4.78, 5) is 12.1. The highest BCUT2D eigenvalue weighted by Gasteiger charge is 2.30. The third kappa shape index (κ3) is 3.84. The summed E-state index contributed by atoms with van der Waals surface area (Å²) in [5.74, 6) is -0.199. The van der Waals surface area contributed by atoms with E-state index >= 15 is 0 Å². The first kappa shape index (κ1) is 17.3. The van der Waals surface area contributed by atoms with Gasteiger partial charge < -0.3 is 9.84 Å². The number of carbonyl (C=O) groups is 1. The molecule has 1 aliphatic carbocycles. The number of ether oxygens (including phenoxy) is 1. The van der Waals surface area contributed by atoms with E-state index in [-0.39, 0.29) is 23.3 Å². The second-order valence-electron chi connectivity index (χ2n) is 6.77. The number of rotatable bonds is 4. The van der Waals surface area contributed by atoms with Gasteiger partial charge in [0, 0.05) is 5.92 Å². The molecule has 3 heteroatoms. The number of aromatic hydroxyl groups is 1. The number of hydrogen-bond acceptors (Lipinski definition) is 3. The molecule has 0 saturated carbocycles. The molecule has 0 spiro atoms. The average Bonchev–Trinajstić information content (AvgIpc) is 2.46. The highest BCUT2D eigenvalue weighted by atomic mass is 16.5. The SMILES string of the molecule is CCOC(=O)c1c(O)cccc1/C=C/C1C(C)=CCCC1(C)C. The van der Waals surface area contributed by atoms with E-state index in [1.807, 2.05) is 12.1 Å². The topological polar surface area (TPSA) is 46.5 Å². The lowest BCUT2D eigenvalue weighted by molar-refractivity contribution is 0.0523. The van der Waals surface area contributed by atoms with Crippen molar-refractivity contribution in [2.45, 2.75) is 40.5 Å². The zero-order valence-electron chi connectivity index (χ0n) is 14.4. The van der Waals surface area contributed by atoms with Crippen molar-refractivity contribution in [2.24, 2.45) is 11.3 Å². The largest absolute Gasteiger partial charge is 0.507 e. The van der Waals surface area contributed by atoms with E-state index in [0.29, 0.717) is 11.5 Å². The Bertz CT molecular complexity index is 638. The van der Waals surface area contributed by atoms with Gasteiger partial charge in [-0.05, 0) is 43.7 Å². The number of benzene rings is 1. The summed E-state index contributed by atoms with van der Waals surface area (Å²) in [5, 5.41) is 10.0. The summed E-state index contributed by atoms with van der Waals surface area (Å²) in [7, 11) is 0. The minimum Gasteiger partial charge on any atom is -0.507 e. The van der Waals surface area contributed by atoms with Crippen LogP contribution in [0.2, 0.25) is 0 Å². The molecule has 1 unspecified atom stereocenters. The van der Waals surface area contributed by atoms with Gasteiger partial charge in [0.15, 0.2) is 0 Å². The lowest BCUT2D eigenvalue weighted by Crippen LogP contribution is -2.26. The van der Waals surface area contributed by atoms with Crippen molar-refractivity contribution in [1.29, 1.82) is 0 Å². The molecule has 0 saturated heterocycles. The monoisotopic (exact) mass is 314 g/mol. The van der Waals surface area contributed by atoms with Crippen molar-refractivity contribution < 1.29 is 14.6 Å². The second kappa shape index (κ2) is 7.03. The van der Waals surface area contributed by atoms with E-state index in [4.69, 9.17) is 4.74 Å². The van der Waals surface area contributed by atoms with Crippen LogP contribution in [0.25, 0.3) is 6.08 Å². The minimum atomic E-state index is -0.486. The summed E-state index contributed by atoms with van der Waals surface area (Å²) >= 11 is 0. The first-order valence-corrected chi connectivity index (χ1v) is 8.20. The van der Waals surface area contributed by atoms with Crippen molar-refractivity contribution in [3.63, 3.8) is 0 Å². The molecule has 1 aromatic rings. The van der Waals surface area contributed by atoms with Crippen LogP contribution in [-0.2, 0) is 4.74 Å². The fourth-order valence-corrected chi connectivity index (χ4v) is 3.30. The Hall–Kier alpha value is -2.03. The molecule has 0 radical (unpaired) electrons. The predicted molar refractivity (Wildman–Crippen MR) is 93.4 cm³/mol. The van der Waals surface area contributed by atoms with E-state index < -0.39 is 5.97 Å². The van der Waals surface area contributed by atoms with E-state index in [1.54, 1.807) is 13.0 Å². The van der Waals surface area contributed by atoms with Crippen molar-refractivity contribution in [3.8, 4) is 5.75 Å². The van der Waals surface area contributed by atoms with Crippen LogP contribution in [0.1, 0.15) is 56.5 Å². The van der Waals surface area contributed by atoms with Gasteiger partial charge in [-0.2, -0.15) is 0 Å². The Balaban J connectivity index is 2.36. The standard InChI is InChI=1S/C20H26O3/c1-5-23-19(22)18-15(9-6-10-17(18)21)11-12-16-14(2)8-7-13-20(16,3)4/h6,8-12,16,21H,5,7,13H2,1-4H3/b12-11+. The van der Waals surface area contributed by atoms with Crippen molar-refractivity contribution in [3.05, 3.63) is 47.1 Å². The number of hydrogen-bond donors (Lipinski definition) is 1. The van der Waals surface area contributed by atoms with Gasteiger partial charge in [0.05, 0.1) is 6.61 Å². The molecule has 0 amide bonds. The molecule has 0 bridgehead atoms. The fraction of sp³-hybridized carbons (Fsp3) is 0.450. The molecule has 0 aliphatic heterocycles. The van der Waals surface area contributed by atoms with Crippen LogP contribution < -0.4 is 0 Å². The maximum atomic E-state index is 12.1. The molecule has 2 rings (SSSR count). The quantitative estimate of drug-likeness (QED) is 0.631. The van der Waals surface area contributed by atoms with Gasteiger partial charge in [-0.25, -0.2) is 4.79 Å². The molecule has 0 heterocycles. The Morgan fingerprint density at radius 3 is 2.83 bits per heavy atom. The summed E-state index contributed by atoms with van der Waals surface area (Å²) in [6, 6.07) is 5.09. The summed E-state index contributed by atoms with van der Waals surface area (Å²) in [6.45, 7) is 8.74. The van der Waals surface area contributed by atoms with Crippen molar-refractivity contribution in [1.82, 2.24) is 0 Å². The van der Waals surface area contributed by atoms with Gasteiger partial charge in [0.25, 0.3) is 0 Å². The Kier molecular flexibility index (Phi) is 5.30. The predicted octanol–water partition coefficient (Wildman–Crippen LogP) is 4.96. The first-order valence-electron chi connectivity index (χ1n) is 8.20. The lowest BCUT2D eigenvalue weighted by atomic mass is 9.68. The number of carbonyl (C=O) groups excluding carboxylic acids is 1. The van der Waals surface area contributed by atoms with Gasteiger partial charge in [0.2, 0.25) is 0 Å². The number of phenols is 1. The number of allylic oxidation sites excluding steroid dienone is 3. The first-order chi connectivity index (χ1) is 10.9. The zero-order valence-corrected chi connectivity index (χ0v) is 14.4. The van der Waals surface area contributed by atoms with Gasteiger partial charge >= 0.3 is 5.97 Å². The normalized spacial score (nSPS) is 20.3. The average molecular weight is 314 g/mol. The fourth-order valence-electron chi connectivity index (χ4n) is 3.30. The summed E-state index contributed by atoms with van der Waals surface area (Å²) in [5.41, 5.74) is 2.48. The van der Waals surface area contributed by atoms with Crippen LogP contribution in [-0.4, -0.2) is 17.7 Å².